The van der Waals surface area contributed by atoms with Gasteiger partial charge in [0, 0.05) is 0 Å². The molecular weight excluding hydrogens is 376 g/mol. The molecule has 0 saturated heterocycles. The molecule has 4 aliphatic rings. The van der Waals surface area contributed by atoms with Crippen molar-refractivity contribution in [2.45, 2.75) is 119 Å². The second-order valence-corrected chi connectivity index (χ2v) is 13.3. The van der Waals surface area contributed by atoms with Gasteiger partial charge in [-0.3, -0.25) is 4.79 Å². The second kappa shape index (κ2) is 8.98. The van der Waals surface area contributed by atoms with Crippen LogP contribution in [0, 0.1) is 52.3 Å². The number of fused-ring (bicyclic) bond motifs is 5. The number of carbonyl (C=O) groups is 1. The molecule has 0 aromatic carbocycles. The van der Waals surface area contributed by atoms with Crippen LogP contribution in [0.15, 0.2) is 11.6 Å². The largest absolute Gasteiger partial charge is 0.295 e. The van der Waals surface area contributed by atoms with E-state index in [-0.39, 0.29) is 5.78 Å². The van der Waals surface area contributed by atoms with Gasteiger partial charge in [0.25, 0.3) is 0 Å². The zero-order chi connectivity index (χ0) is 22.4. The maximum Gasteiger partial charge on any atom is 0.152 e. The van der Waals surface area contributed by atoms with Crippen molar-refractivity contribution in [1.82, 2.24) is 0 Å². The number of hydrogen-bond acceptors (Lipinski definition) is 1. The molecular formula is C30H50O. The van der Waals surface area contributed by atoms with E-state index in [2.05, 4.69) is 34.6 Å². The van der Waals surface area contributed by atoms with Crippen molar-refractivity contribution in [3.63, 3.8) is 0 Å². The van der Waals surface area contributed by atoms with Crippen molar-refractivity contribution < 1.29 is 4.79 Å². The maximum atomic E-state index is 11.6. The van der Waals surface area contributed by atoms with Crippen molar-refractivity contribution in [3.8, 4) is 0 Å². The van der Waals surface area contributed by atoms with Crippen LogP contribution in [-0.2, 0) is 4.79 Å². The maximum absolute atomic E-state index is 11.6. The lowest BCUT2D eigenvalue weighted by Crippen LogP contribution is -2.53. The lowest BCUT2D eigenvalue weighted by Gasteiger charge is -2.61. The lowest BCUT2D eigenvalue weighted by molar-refractivity contribution is -0.113. The Labute approximate surface area is 193 Å². The van der Waals surface area contributed by atoms with Crippen molar-refractivity contribution >= 4 is 5.78 Å². The predicted molar refractivity (Wildman–Crippen MR) is 132 cm³/mol. The highest BCUT2D eigenvalue weighted by molar-refractivity contribution is 5.87. The Morgan fingerprint density at radius 1 is 0.968 bits per heavy atom. The number of allylic oxidation sites excluding steroid dienone is 2. The van der Waals surface area contributed by atoms with Crippen LogP contribution in [0.3, 0.4) is 0 Å². The third-order valence-corrected chi connectivity index (χ3v) is 11.2. The van der Waals surface area contributed by atoms with Gasteiger partial charge >= 0.3 is 0 Å². The van der Waals surface area contributed by atoms with Crippen molar-refractivity contribution in [1.29, 1.82) is 0 Å². The Balaban J connectivity index is 1.46. The fraction of sp³-hybridized carbons (Fsp3) is 0.900. The zero-order valence-electron chi connectivity index (χ0n) is 21.5. The summed E-state index contributed by atoms with van der Waals surface area (Å²) in [5, 5.41) is 0. The molecule has 31 heavy (non-hydrogen) atoms. The molecule has 176 valence electrons. The molecule has 0 aromatic heterocycles. The van der Waals surface area contributed by atoms with Crippen LogP contribution in [0.5, 0.6) is 0 Å². The van der Waals surface area contributed by atoms with Gasteiger partial charge in [-0.15, -0.1) is 0 Å². The number of carbonyl (C=O) groups excluding carboxylic acids is 1. The first-order valence-corrected chi connectivity index (χ1v) is 13.8. The highest BCUT2D eigenvalue weighted by atomic mass is 16.1. The molecule has 0 spiro atoms. The first-order chi connectivity index (χ1) is 14.6. The molecule has 4 saturated carbocycles. The Morgan fingerprint density at radius 3 is 2.42 bits per heavy atom. The Kier molecular flexibility index (Phi) is 6.83. The summed E-state index contributed by atoms with van der Waals surface area (Å²) >= 11 is 0. The molecule has 0 amide bonds. The Hall–Kier alpha value is -0.590. The summed E-state index contributed by atoms with van der Waals surface area (Å²) in [7, 11) is 0. The molecule has 0 aliphatic heterocycles. The van der Waals surface area contributed by atoms with Gasteiger partial charge < -0.3 is 0 Å². The van der Waals surface area contributed by atoms with Gasteiger partial charge in [-0.2, -0.15) is 0 Å². The Bertz CT molecular complexity index is 689. The smallest absolute Gasteiger partial charge is 0.152 e. The summed E-state index contributed by atoms with van der Waals surface area (Å²) in [6.45, 7) is 14.4. The van der Waals surface area contributed by atoms with Gasteiger partial charge in [0.05, 0.1) is 0 Å². The summed E-state index contributed by atoms with van der Waals surface area (Å²) in [6, 6.07) is 0. The van der Waals surface area contributed by atoms with Crippen molar-refractivity contribution in [2.75, 3.05) is 0 Å². The van der Waals surface area contributed by atoms with E-state index in [0.29, 0.717) is 10.8 Å². The zero-order valence-corrected chi connectivity index (χ0v) is 21.5. The highest BCUT2D eigenvalue weighted by Gasteiger charge is 2.60. The van der Waals surface area contributed by atoms with E-state index in [4.69, 9.17) is 0 Å². The van der Waals surface area contributed by atoms with E-state index >= 15 is 0 Å². The van der Waals surface area contributed by atoms with E-state index in [1.54, 1.807) is 6.92 Å². The first kappa shape index (κ1) is 23.6. The number of ketones is 1. The molecule has 0 radical (unpaired) electrons. The SMILES string of the molecule is CC(=O)C=C1CCC2(C)C(CCC3C2CCC2(C)C(C(C)CCCC(C)C)CCC32)C1. The van der Waals surface area contributed by atoms with Crippen LogP contribution < -0.4 is 0 Å². The van der Waals surface area contributed by atoms with Gasteiger partial charge in [0.15, 0.2) is 5.78 Å². The fourth-order valence-electron chi connectivity index (χ4n) is 9.55. The molecule has 4 fully saturated rings. The van der Waals surface area contributed by atoms with Crippen molar-refractivity contribution in [2.24, 2.45) is 52.3 Å². The van der Waals surface area contributed by atoms with Crippen molar-refractivity contribution in [3.05, 3.63) is 11.6 Å². The van der Waals surface area contributed by atoms with E-state index in [9.17, 15) is 4.79 Å². The van der Waals surface area contributed by atoms with Gasteiger partial charge in [0.1, 0.15) is 0 Å². The van der Waals surface area contributed by atoms with Crippen LogP contribution in [-0.4, -0.2) is 5.78 Å². The standard InChI is InChI=1S/C30H50O/c1-20(2)8-7-9-21(3)26-12-13-27-25-11-10-24-19-23(18-22(4)31)14-16-29(24,5)28(25)15-17-30(26,27)6/h18,20-21,24-28H,7-17,19H2,1-6H3. The molecule has 0 bridgehead atoms. The highest BCUT2D eigenvalue weighted by Crippen LogP contribution is 2.68. The molecule has 8 unspecified atom stereocenters. The van der Waals surface area contributed by atoms with E-state index < -0.39 is 0 Å². The van der Waals surface area contributed by atoms with Crippen LogP contribution in [0.25, 0.3) is 0 Å². The summed E-state index contributed by atoms with van der Waals surface area (Å²) in [6.07, 6.45) is 18.8. The molecule has 4 aliphatic carbocycles. The summed E-state index contributed by atoms with van der Waals surface area (Å²) < 4.78 is 0. The van der Waals surface area contributed by atoms with Gasteiger partial charge in [-0.25, -0.2) is 0 Å². The minimum absolute atomic E-state index is 0.250. The molecule has 1 heteroatoms. The quantitative estimate of drug-likeness (QED) is 0.388. The average Bonchev–Trinajstić information content (AvgIpc) is 3.05. The molecule has 1 nitrogen and oxygen atoms in total. The first-order valence-electron chi connectivity index (χ1n) is 13.8. The summed E-state index contributed by atoms with van der Waals surface area (Å²) in [4.78, 5) is 11.6. The monoisotopic (exact) mass is 426 g/mol. The van der Waals surface area contributed by atoms with Crippen LogP contribution in [0.1, 0.15) is 119 Å². The summed E-state index contributed by atoms with van der Waals surface area (Å²) in [5.41, 5.74) is 2.58. The van der Waals surface area contributed by atoms with Gasteiger partial charge in [0.2, 0.25) is 0 Å². The number of hydrogen-bond donors (Lipinski definition) is 0. The minimum Gasteiger partial charge on any atom is -0.295 e. The molecule has 0 aromatic rings. The second-order valence-electron chi connectivity index (χ2n) is 13.3. The predicted octanol–water partition coefficient (Wildman–Crippen LogP) is 8.62. The van der Waals surface area contributed by atoms with Crippen LogP contribution in [0.4, 0.5) is 0 Å². The average molecular weight is 427 g/mol. The molecule has 0 N–H and O–H groups in total. The minimum atomic E-state index is 0.250. The topological polar surface area (TPSA) is 17.1 Å². The molecule has 8 atom stereocenters. The fourth-order valence-corrected chi connectivity index (χ4v) is 9.55. The third kappa shape index (κ3) is 4.33. The van der Waals surface area contributed by atoms with E-state index in [1.165, 1.54) is 82.6 Å². The van der Waals surface area contributed by atoms with E-state index in [0.717, 1.165) is 41.4 Å². The third-order valence-electron chi connectivity index (χ3n) is 11.2. The lowest BCUT2D eigenvalue weighted by atomic mass is 9.44. The number of rotatable bonds is 6. The van der Waals surface area contributed by atoms with Crippen LogP contribution in [0.2, 0.25) is 0 Å². The van der Waals surface area contributed by atoms with Crippen LogP contribution >= 0.6 is 0 Å². The normalized spacial score (nSPS) is 44.6. The Morgan fingerprint density at radius 2 is 1.71 bits per heavy atom. The van der Waals surface area contributed by atoms with E-state index in [1.807, 2.05) is 6.08 Å². The summed E-state index contributed by atoms with van der Waals surface area (Å²) in [5.74, 6) is 6.70. The molecule has 0 heterocycles. The van der Waals surface area contributed by atoms with Gasteiger partial charge in [-0.05, 0) is 123 Å². The van der Waals surface area contributed by atoms with Gasteiger partial charge in [-0.1, -0.05) is 59.5 Å². The molecule has 4 rings (SSSR count).